The fourth-order valence-corrected chi connectivity index (χ4v) is 8.05. The minimum absolute atomic E-state index is 0.813. The zero-order valence-electron chi connectivity index (χ0n) is 13.5. The van der Waals surface area contributed by atoms with Crippen molar-refractivity contribution in [3.63, 3.8) is 0 Å². The molecule has 3 aromatic carbocycles. The Labute approximate surface area is 148 Å². The summed E-state index contributed by atoms with van der Waals surface area (Å²) in [5.74, 6) is 0. The van der Waals surface area contributed by atoms with E-state index in [-0.39, 0.29) is 0 Å². The first-order valence-electron chi connectivity index (χ1n) is 7.67. The Kier molecular flexibility index (Phi) is 3.92. The van der Waals surface area contributed by atoms with E-state index in [1.807, 2.05) is 78.9 Å². The molecule has 0 N–H and O–H groups in total. The molecule has 0 saturated heterocycles. The number of hydrogen-bond donors (Lipinski definition) is 0. The second-order valence-electron chi connectivity index (χ2n) is 5.50. The molecule has 128 valence electrons. The molecule has 0 unspecified atom stereocenters. The summed E-state index contributed by atoms with van der Waals surface area (Å²) in [6, 6.07) is 25.0. The average molecular weight is 372 g/mol. The molecule has 1 aliphatic rings. The first kappa shape index (κ1) is 16.4. The van der Waals surface area contributed by atoms with Crippen LogP contribution in [0.5, 0.6) is 0 Å². The number of rotatable bonds is 4. The van der Waals surface area contributed by atoms with E-state index in [9.17, 15) is 8.42 Å². The summed E-state index contributed by atoms with van der Waals surface area (Å²) in [5.41, 5.74) is 1.98. The molecule has 0 radical (unpaired) electrons. The van der Waals surface area contributed by atoms with Gasteiger partial charge in [-0.3, -0.25) is 4.18 Å². The molecule has 0 fully saturated rings. The summed E-state index contributed by atoms with van der Waals surface area (Å²) in [4.78, 5) is 2.54. The molecule has 0 saturated carbocycles. The molecule has 0 amide bonds. The zero-order valence-corrected chi connectivity index (χ0v) is 15.1. The predicted molar refractivity (Wildman–Crippen MR) is 97.7 cm³/mol. The highest BCUT2D eigenvalue weighted by atomic mass is 32.3. The molecule has 0 spiro atoms. The largest absolute Gasteiger partial charge is 0.409 e. The van der Waals surface area contributed by atoms with Crippen molar-refractivity contribution in [2.75, 3.05) is 7.11 Å². The normalized spacial score (nSPS) is 16.0. The quantitative estimate of drug-likeness (QED) is 0.662. The minimum Gasteiger partial charge on any atom is -0.251 e. The van der Waals surface area contributed by atoms with Crippen LogP contribution in [0.15, 0.2) is 93.5 Å². The van der Waals surface area contributed by atoms with Crippen LogP contribution < -0.4 is 0 Å². The number of hydrogen-bond acceptors (Lipinski definition) is 4. The smallest absolute Gasteiger partial charge is 0.251 e. The summed E-state index contributed by atoms with van der Waals surface area (Å²) in [5, 5.41) is 0. The van der Waals surface area contributed by atoms with Gasteiger partial charge in [-0.1, -0.05) is 54.6 Å². The summed E-state index contributed by atoms with van der Waals surface area (Å²) >= 11 is 0. The van der Waals surface area contributed by atoms with Crippen molar-refractivity contribution >= 4 is 20.7 Å². The van der Waals surface area contributed by atoms with Crippen LogP contribution in [0.1, 0.15) is 0 Å². The van der Waals surface area contributed by atoms with Gasteiger partial charge in [0.1, 0.15) is 0 Å². The maximum atomic E-state index is 12.3. The van der Waals surface area contributed by atoms with E-state index in [0.29, 0.717) is 0 Å². The predicted octanol–water partition coefficient (Wildman–Crippen LogP) is 4.77. The second-order valence-corrected chi connectivity index (χ2v) is 9.66. The van der Waals surface area contributed by atoms with Gasteiger partial charge in [0.05, 0.1) is 7.11 Å². The lowest BCUT2D eigenvalue weighted by atomic mass is 10.1. The summed E-state index contributed by atoms with van der Waals surface area (Å²) in [6.07, 6.45) is 0. The molecule has 0 bridgehead atoms. The van der Waals surface area contributed by atoms with Gasteiger partial charge in [-0.2, -0.15) is 12.0 Å². The lowest BCUT2D eigenvalue weighted by Crippen LogP contribution is -2.13. The Hall–Kier alpha value is -2.12. The highest BCUT2D eigenvalue weighted by Gasteiger charge is 2.45. The van der Waals surface area contributed by atoms with Gasteiger partial charge in [0.2, 0.25) is 0 Å². The van der Waals surface area contributed by atoms with Crippen molar-refractivity contribution in [3.8, 4) is 11.1 Å². The van der Waals surface area contributed by atoms with E-state index in [1.54, 1.807) is 0 Å². The highest BCUT2D eigenvalue weighted by molar-refractivity contribution is 8.33. The number of fused-ring (bicyclic) bond motifs is 3. The molecule has 25 heavy (non-hydrogen) atoms. The highest BCUT2D eigenvalue weighted by Crippen LogP contribution is 2.76. The lowest BCUT2D eigenvalue weighted by molar-refractivity contribution is 0.340. The van der Waals surface area contributed by atoms with Crippen molar-refractivity contribution in [3.05, 3.63) is 78.9 Å². The third-order valence-electron chi connectivity index (χ3n) is 4.15. The molecule has 1 heterocycles. The van der Waals surface area contributed by atoms with Crippen LogP contribution in [-0.2, 0) is 18.2 Å². The molecular formula is C19H16O4S2. The molecule has 0 atom stereocenters. The van der Waals surface area contributed by atoms with Gasteiger partial charge in [0, 0.05) is 14.7 Å². The first-order chi connectivity index (χ1) is 12.1. The van der Waals surface area contributed by atoms with Crippen molar-refractivity contribution < 1.29 is 16.2 Å². The maximum Gasteiger partial charge on any atom is 0.409 e. The fourth-order valence-electron chi connectivity index (χ4n) is 3.13. The van der Waals surface area contributed by atoms with Gasteiger partial charge in [0.15, 0.2) is 0 Å². The molecule has 6 heteroatoms. The van der Waals surface area contributed by atoms with E-state index in [4.69, 9.17) is 3.63 Å². The van der Waals surface area contributed by atoms with Crippen LogP contribution in [0.2, 0.25) is 0 Å². The number of benzene rings is 3. The average Bonchev–Trinajstić information content (AvgIpc) is 2.94. The van der Waals surface area contributed by atoms with Crippen molar-refractivity contribution in [1.82, 2.24) is 0 Å². The van der Waals surface area contributed by atoms with E-state index in [0.717, 1.165) is 32.9 Å². The van der Waals surface area contributed by atoms with Crippen molar-refractivity contribution in [1.29, 1.82) is 0 Å². The van der Waals surface area contributed by atoms with Crippen LogP contribution in [0.3, 0.4) is 0 Å². The molecule has 4 rings (SSSR count). The van der Waals surface area contributed by atoms with E-state index < -0.39 is 20.7 Å². The van der Waals surface area contributed by atoms with Gasteiger partial charge in [-0.05, 0) is 45.7 Å². The summed E-state index contributed by atoms with van der Waals surface area (Å²) in [6.45, 7) is 0. The Morgan fingerprint density at radius 2 is 1.20 bits per heavy atom. The molecule has 4 nitrogen and oxygen atoms in total. The van der Waals surface area contributed by atoms with Crippen LogP contribution in [0, 0.1) is 0 Å². The van der Waals surface area contributed by atoms with Gasteiger partial charge in [0.25, 0.3) is 0 Å². The Morgan fingerprint density at radius 1 is 0.720 bits per heavy atom. The zero-order chi connectivity index (χ0) is 17.5. The van der Waals surface area contributed by atoms with Crippen molar-refractivity contribution in [2.24, 2.45) is 0 Å². The minimum atomic E-state index is -4.16. The standard InChI is InChI=1S/C19H16O4S2/c1-22-25(20,21)23-24(15-9-3-2-4-10-15)18-13-7-5-11-16(18)17-12-6-8-14-19(17)24/h2-14H,1H3. The van der Waals surface area contributed by atoms with E-state index in [1.165, 1.54) is 0 Å². The second kappa shape index (κ2) is 6.00. The van der Waals surface area contributed by atoms with E-state index >= 15 is 0 Å². The lowest BCUT2D eigenvalue weighted by Gasteiger charge is -2.35. The molecule has 0 aliphatic carbocycles. The van der Waals surface area contributed by atoms with Crippen LogP contribution >= 0.6 is 10.3 Å². The Balaban J connectivity index is 2.11. The Bertz CT molecular complexity index is 985. The van der Waals surface area contributed by atoms with Crippen LogP contribution in [0.4, 0.5) is 0 Å². The maximum absolute atomic E-state index is 12.3. The van der Waals surface area contributed by atoms with Crippen molar-refractivity contribution in [2.45, 2.75) is 14.7 Å². The first-order valence-corrected chi connectivity index (χ1v) is 10.6. The van der Waals surface area contributed by atoms with Crippen LogP contribution in [-0.4, -0.2) is 15.5 Å². The molecule has 3 aromatic rings. The monoisotopic (exact) mass is 372 g/mol. The SMILES string of the molecule is COS(=O)(=O)OS1(c2ccccc2)c2ccccc2-c2ccccc21. The van der Waals surface area contributed by atoms with Gasteiger partial charge in [-0.15, -0.1) is 0 Å². The summed E-state index contributed by atoms with van der Waals surface area (Å²) < 4.78 is 35.1. The molecule has 1 aliphatic heterocycles. The third kappa shape index (κ3) is 2.49. The van der Waals surface area contributed by atoms with Crippen LogP contribution in [0.25, 0.3) is 11.1 Å². The third-order valence-corrected chi connectivity index (χ3v) is 8.93. The van der Waals surface area contributed by atoms with E-state index in [2.05, 4.69) is 4.18 Å². The van der Waals surface area contributed by atoms with Gasteiger partial charge < -0.3 is 0 Å². The molecule has 0 aromatic heterocycles. The van der Waals surface area contributed by atoms with Gasteiger partial charge in [-0.25, -0.2) is 0 Å². The fraction of sp³-hybridized carbons (Fsp3) is 0.0526. The topological polar surface area (TPSA) is 52.6 Å². The summed E-state index contributed by atoms with van der Waals surface area (Å²) in [7, 11) is -5.49. The molecular weight excluding hydrogens is 356 g/mol. The van der Waals surface area contributed by atoms with Gasteiger partial charge >= 0.3 is 10.4 Å². The Morgan fingerprint density at radius 3 is 1.72 bits per heavy atom.